The normalized spacial score (nSPS) is 10.6. The monoisotopic (exact) mass is 399 g/mol. The minimum absolute atomic E-state index is 0.125. The zero-order valence-corrected chi connectivity index (χ0v) is 16.1. The summed E-state index contributed by atoms with van der Waals surface area (Å²) in [5, 5.41) is 6.72. The van der Waals surface area contributed by atoms with Gasteiger partial charge in [-0.2, -0.15) is 4.98 Å². The second-order valence-corrected chi connectivity index (χ2v) is 6.22. The molecule has 0 fully saturated rings. The third-order valence-corrected chi connectivity index (χ3v) is 4.12. The summed E-state index contributed by atoms with van der Waals surface area (Å²) < 4.78 is 29.1. The third kappa shape index (κ3) is 6.03. The van der Waals surface area contributed by atoms with Gasteiger partial charge in [0.25, 0.3) is 0 Å². The van der Waals surface area contributed by atoms with Gasteiger partial charge in [-0.05, 0) is 42.8 Å². The van der Waals surface area contributed by atoms with Crippen LogP contribution in [0.15, 0.2) is 53.1 Å². The fraction of sp³-hybridized carbons (Fsp3) is 0.286. The molecular weight excluding hydrogens is 377 g/mol. The molecule has 3 rings (SSSR count). The van der Waals surface area contributed by atoms with Gasteiger partial charge < -0.3 is 19.3 Å². The molecule has 0 unspecified atom stereocenters. The minimum Gasteiger partial charge on any atom is -0.497 e. The topological polar surface area (TPSA) is 86.5 Å². The Balaban J connectivity index is 1.35. The smallest absolute Gasteiger partial charge is 0.227 e. The van der Waals surface area contributed by atoms with E-state index in [0.717, 1.165) is 11.3 Å². The number of benzene rings is 2. The number of nitrogens with zero attached hydrogens (tertiary/aromatic N) is 2. The minimum atomic E-state index is -0.398. The van der Waals surface area contributed by atoms with E-state index < -0.39 is 5.82 Å². The SMILES string of the molecule is COc1ccc(-c2noc(CCC(=O)NCCCOc3ccccc3F)n2)cc1. The molecule has 1 amide bonds. The maximum atomic E-state index is 13.4. The van der Waals surface area contributed by atoms with E-state index in [-0.39, 0.29) is 18.1 Å². The number of aromatic nitrogens is 2. The van der Waals surface area contributed by atoms with Crippen LogP contribution in [-0.2, 0) is 11.2 Å². The molecule has 0 saturated carbocycles. The number of carbonyl (C=O) groups excluding carboxylic acids is 1. The average Bonchev–Trinajstić information content (AvgIpc) is 3.22. The van der Waals surface area contributed by atoms with Crippen LogP contribution in [0.25, 0.3) is 11.4 Å². The first kappa shape index (κ1) is 20.3. The summed E-state index contributed by atoms with van der Waals surface area (Å²) in [4.78, 5) is 16.2. The van der Waals surface area contributed by atoms with Crippen molar-refractivity contribution in [3.8, 4) is 22.9 Å². The summed E-state index contributed by atoms with van der Waals surface area (Å²) in [7, 11) is 1.60. The van der Waals surface area contributed by atoms with Gasteiger partial charge in [-0.3, -0.25) is 4.79 Å². The molecule has 7 nitrogen and oxygen atoms in total. The van der Waals surface area contributed by atoms with Crippen molar-refractivity contribution < 1.29 is 23.2 Å². The molecule has 1 aromatic heterocycles. The number of amides is 1. The predicted octanol–water partition coefficient (Wildman–Crippen LogP) is 3.40. The van der Waals surface area contributed by atoms with Crippen LogP contribution in [-0.4, -0.2) is 36.3 Å². The van der Waals surface area contributed by atoms with Crippen LogP contribution in [0.1, 0.15) is 18.7 Å². The van der Waals surface area contributed by atoms with Crippen molar-refractivity contribution in [2.45, 2.75) is 19.3 Å². The van der Waals surface area contributed by atoms with E-state index in [1.165, 1.54) is 6.07 Å². The molecule has 0 saturated heterocycles. The highest BCUT2D eigenvalue weighted by atomic mass is 19.1. The first-order chi connectivity index (χ1) is 14.2. The van der Waals surface area contributed by atoms with Crippen molar-refractivity contribution in [2.75, 3.05) is 20.3 Å². The number of ether oxygens (including phenoxy) is 2. The molecule has 0 aliphatic rings. The summed E-state index contributed by atoms with van der Waals surface area (Å²) in [5.74, 6) is 1.30. The summed E-state index contributed by atoms with van der Waals surface area (Å²) in [6.07, 6.45) is 1.15. The molecule has 0 bridgehead atoms. The second kappa shape index (κ2) is 10.2. The van der Waals surface area contributed by atoms with Gasteiger partial charge in [-0.25, -0.2) is 4.39 Å². The van der Waals surface area contributed by atoms with Gasteiger partial charge in [0.2, 0.25) is 17.6 Å². The number of hydrogen-bond acceptors (Lipinski definition) is 6. The van der Waals surface area contributed by atoms with Crippen LogP contribution in [0.5, 0.6) is 11.5 Å². The van der Waals surface area contributed by atoms with Crippen LogP contribution < -0.4 is 14.8 Å². The Morgan fingerprint density at radius 2 is 1.97 bits per heavy atom. The van der Waals surface area contributed by atoms with Gasteiger partial charge in [0.05, 0.1) is 13.7 Å². The molecule has 2 aromatic carbocycles. The van der Waals surface area contributed by atoms with Crippen LogP contribution in [0.4, 0.5) is 4.39 Å². The molecule has 152 valence electrons. The molecule has 0 atom stereocenters. The predicted molar refractivity (Wildman–Crippen MR) is 104 cm³/mol. The Morgan fingerprint density at radius 3 is 2.72 bits per heavy atom. The number of hydrogen-bond donors (Lipinski definition) is 1. The molecule has 1 N–H and O–H groups in total. The highest BCUT2D eigenvalue weighted by molar-refractivity contribution is 5.76. The first-order valence-electron chi connectivity index (χ1n) is 9.27. The fourth-order valence-electron chi connectivity index (χ4n) is 2.57. The molecule has 3 aromatic rings. The van der Waals surface area contributed by atoms with Gasteiger partial charge in [-0.1, -0.05) is 17.3 Å². The lowest BCUT2D eigenvalue weighted by Crippen LogP contribution is -2.25. The van der Waals surface area contributed by atoms with E-state index in [1.54, 1.807) is 25.3 Å². The number of rotatable bonds is 10. The molecule has 0 aliphatic heterocycles. The standard InChI is InChI=1S/C21H22FN3O4/c1-27-16-9-7-15(8-10-16)21-24-20(29-25-21)12-11-19(26)23-13-4-14-28-18-6-3-2-5-17(18)22/h2-3,5-10H,4,11-14H2,1H3,(H,23,26). The average molecular weight is 399 g/mol. The van der Waals surface area contributed by atoms with Crippen LogP contribution >= 0.6 is 0 Å². The number of methoxy groups -OCH3 is 1. The van der Waals surface area contributed by atoms with Crippen LogP contribution in [0.3, 0.4) is 0 Å². The zero-order chi connectivity index (χ0) is 20.5. The number of aryl methyl sites for hydroxylation is 1. The molecule has 0 radical (unpaired) electrons. The molecule has 0 aliphatic carbocycles. The van der Waals surface area contributed by atoms with E-state index >= 15 is 0 Å². The van der Waals surface area contributed by atoms with Crippen molar-refractivity contribution in [1.82, 2.24) is 15.5 Å². The van der Waals surface area contributed by atoms with E-state index in [2.05, 4.69) is 15.5 Å². The van der Waals surface area contributed by atoms with E-state index in [1.807, 2.05) is 24.3 Å². The summed E-state index contributed by atoms with van der Waals surface area (Å²) in [5.41, 5.74) is 0.806. The lowest BCUT2D eigenvalue weighted by atomic mass is 10.2. The zero-order valence-electron chi connectivity index (χ0n) is 16.1. The summed E-state index contributed by atoms with van der Waals surface area (Å²) in [6, 6.07) is 13.5. The van der Waals surface area contributed by atoms with Crippen LogP contribution in [0.2, 0.25) is 0 Å². The van der Waals surface area contributed by atoms with Crippen molar-refractivity contribution in [3.05, 3.63) is 60.2 Å². The Labute approximate surface area is 167 Å². The molecule has 1 heterocycles. The van der Waals surface area contributed by atoms with E-state index in [9.17, 15) is 9.18 Å². The molecule has 0 spiro atoms. The quantitative estimate of drug-likeness (QED) is 0.526. The number of nitrogens with one attached hydrogen (secondary N) is 1. The number of para-hydroxylation sites is 1. The van der Waals surface area contributed by atoms with Gasteiger partial charge >= 0.3 is 0 Å². The maximum Gasteiger partial charge on any atom is 0.227 e. The fourth-order valence-corrected chi connectivity index (χ4v) is 2.57. The lowest BCUT2D eigenvalue weighted by molar-refractivity contribution is -0.121. The third-order valence-electron chi connectivity index (χ3n) is 4.12. The largest absolute Gasteiger partial charge is 0.497 e. The van der Waals surface area contributed by atoms with Gasteiger partial charge in [0.15, 0.2) is 11.6 Å². The van der Waals surface area contributed by atoms with Crippen molar-refractivity contribution in [3.63, 3.8) is 0 Å². The number of halogens is 1. The number of carbonyl (C=O) groups is 1. The van der Waals surface area contributed by atoms with E-state index in [0.29, 0.717) is 37.7 Å². The van der Waals surface area contributed by atoms with Crippen molar-refractivity contribution in [2.24, 2.45) is 0 Å². The molecular formula is C21H22FN3O4. The lowest BCUT2D eigenvalue weighted by Gasteiger charge is -2.07. The maximum absolute atomic E-state index is 13.4. The van der Waals surface area contributed by atoms with Gasteiger partial charge in [-0.15, -0.1) is 0 Å². The Morgan fingerprint density at radius 1 is 1.17 bits per heavy atom. The second-order valence-electron chi connectivity index (χ2n) is 6.22. The van der Waals surface area contributed by atoms with Crippen molar-refractivity contribution >= 4 is 5.91 Å². The first-order valence-corrected chi connectivity index (χ1v) is 9.27. The Bertz CT molecular complexity index is 928. The van der Waals surface area contributed by atoms with Gasteiger partial charge in [0.1, 0.15) is 5.75 Å². The molecule has 8 heteroatoms. The summed E-state index contributed by atoms with van der Waals surface area (Å²) in [6.45, 7) is 0.754. The molecule has 29 heavy (non-hydrogen) atoms. The Kier molecular flexibility index (Phi) is 7.16. The van der Waals surface area contributed by atoms with Gasteiger partial charge in [0, 0.05) is 24.9 Å². The van der Waals surface area contributed by atoms with Crippen molar-refractivity contribution in [1.29, 1.82) is 0 Å². The highest BCUT2D eigenvalue weighted by Gasteiger charge is 2.11. The van der Waals surface area contributed by atoms with Crippen LogP contribution in [0, 0.1) is 5.82 Å². The van der Waals surface area contributed by atoms with E-state index in [4.69, 9.17) is 14.0 Å². The Hall–Kier alpha value is -3.42. The summed E-state index contributed by atoms with van der Waals surface area (Å²) >= 11 is 0. The highest BCUT2D eigenvalue weighted by Crippen LogP contribution is 2.20.